The van der Waals surface area contributed by atoms with E-state index in [9.17, 15) is 0 Å². The first-order valence-corrected chi connectivity index (χ1v) is 6.58. The normalized spacial score (nSPS) is 24.8. The second-order valence-electron chi connectivity index (χ2n) is 4.88. The first-order chi connectivity index (χ1) is 8.27. The fraction of sp³-hybridized carbons (Fsp3) is 0.923. The molecule has 2 atom stereocenters. The standard InChI is InChI=1S/C13H25N3O/c1-16(9-10-17-2)8-7-15-13-6-4-3-5-12(13)11-14/h12-13,15H,3-10H2,1-2H3. The van der Waals surface area contributed by atoms with Crippen LogP contribution in [0.15, 0.2) is 0 Å². The molecule has 1 aliphatic rings. The number of methoxy groups -OCH3 is 1. The molecule has 4 nitrogen and oxygen atoms in total. The minimum Gasteiger partial charge on any atom is -0.383 e. The third kappa shape index (κ3) is 5.49. The van der Waals surface area contributed by atoms with Crippen molar-refractivity contribution in [2.45, 2.75) is 31.7 Å². The quantitative estimate of drug-likeness (QED) is 0.726. The van der Waals surface area contributed by atoms with Gasteiger partial charge in [0.25, 0.3) is 0 Å². The second-order valence-corrected chi connectivity index (χ2v) is 4.88. The SMILES string of the molecule is COCCN(C)CCNC1CCCCC1C#N. The topological polar surface area (TPSA) is 48.3 Å². The van der Waals surface area contributed by atoms with Crippen molar-refractivity contribution in [3.05, 3.63) is 0 Å². The van der Waals surface area contributed by atoms with Crippen LogP contribution in [0.25, 0.3) is 0 Å². The summed E-state index contributed by atoms with van der Waals surface area (Å²) in [4.78, 5) is 2.25. The van der Waals surface area contributed by atoms with Crippen molar-refractivity contribution in [2.24, 2.45) is 5.92 Å². The number of hydrogen-bond donors (Lipinski definition) is 1. The van der Waals surface area contributed by atoms with Crippen molar-refractivity contribution < 1.29 is 4.74 Å². The highest BCUT2D eigenvalue weighted by Crippen LogP contribution is 2.23. The fourth-order valence-electron chi connectivity index (χ4n) is 2.33. The Hall–Kier alpha value is -0.630. The molecule has 1 rings (SSSR count). The van der Waals surface area contributed by atoms with E-state index in [2.05, 4.69) is 23.3 Å². The van der Waals surface area contributed by atoms with Crippen LogP contribution < -0.4 is 5.32 Å². The van der Waals surface area contributed by atoms with E-state index in [-0.39, 0.29) is 5.92 Å². The maximum atomic E-state index is 9.07. The van der Waals surface area contributed by atoms with Crippen molar-refractivity contribution in [3.8, 4) is 6.07 Å². The highest BCUT2D eigenvalue weighted by Gasteiger charge is 2.23. The van der Waals surface area contributed by atoms with Gasteiger partial charge in [-0.15, -0.1) is 0 Å². The molecule has 0 bridgehead atoms. The molecular weight excluding hydrogens is 214 g/mol. The average molecular weight is 239 g/mol. The van der Waals surface area contributed by atoms with Gasteiger partial charge in [-0.25, -0.2) is 0 Å². The van der Waals surface area contributed by atoms with Gasteiger partial charge < -0.3 is 15.0 Å². The number of nitrogens with zero attached hydrogens (tertiary/aromatic N) is 2. The maximum Gasteiger partial charge on any atom is 0.0672 e. The van der Waals surface area contributed by atoms with E-state index in [1.807, 2.05) is 0 Å². The van der Waals surface area contributed by atoms with Crippen LogP contribution in [0, 0.1) is 17.2 Å². The van der Waals surface area contributed by atoms with E-state index in [1.54, 1.807) is 7.11 Å². The summed E-state index contributed by atoms with van der Waals surface area (Å²) in [5, 5.41) is 12.6. The van der Waals surface area contributed by atoms with Crippen molar-refractivity contribution in [2.75, 3.05) is 40.4 Å². The smallest absolute Gasteiger partial charge is 0.0672 e. The summed E-state index contributed by atoms with van der Waals surface area (Å²) in [7, 11) is 3.83. The maximum absolute atomic E-state index is 9.07. The zero-order valence-electron chi connectivity index (χ0n) is 11.1. The Kier molecular flexibility index (Phi) is 7.18. The molecule has 98 valence electrons. The predicted octanol–water partition coefficient (Wildman–Crippen LogP) is 1.24. The van der Waals surface area contributed by atoms with E-state index >= 15 is 0 Å². The lowest BCUT2D eigenvalue weighted by Gasteiger charge is -2.28. The third-order valence-corrected chi connectivity index (χ3v) is 3.51. The van der Waals surface area contributed by atoms with Gasteiger partial charge in [-0.1, -0.05) is 12.8 Å². The lowest BCUT2D eigenvalue weighted by molar-refractivity contribution is 0.160. The van der Waals surface area contributed by atoms with Crippen molar-refractivity contribution in [1.29, 1.82) is 5.26 Å². The summed E-state index contributed by atoms with van der Waals surface area (Å²) in [5.74, 6) is 0.216. The Morgan fingerprint density at radius 1 is 1.35 bits per heavy atom. The molecule has 1 fully saturated rings. The third-order valence-electron chi connectivity index (χ3n) is 3.51. The molecule has 0 amide bonds. The molecule has 1 saturated carbocycles. The highest BCUT2D eigenvalue weighted by atomic mass is 16.5. The van der Waals surface area contributed by atoms with Crippen LogP contribution in [0.5, 0.6) is 0 Å². The number of nitriles is 1. The average Bonchev–Trinajstić information content (AvgIpc) is 2.37. The lowest BCUT2D eigenvalue weighted by Crippen LogP contribution is -2.41. The molecular formula is C13H25N3O. The Morgan fingerprint density at radius 2 is 2.12 bits per heavy atom. The van der Waals surface area contributed by atoms with Crippen LogP contribution in [0.1, 0.15) is 25.7 Å². The molecule has 0 spiro atoms. The van der Waals surface area contributed by atoms with Gasteiger partial charge in [0.2, 0.25) is 0 Å². The lowest BCUT2D eigenvalue weighted by atomic mass is 9.85. The highest BCUT2D eigenvalue weighted by molar-refractivity contribution is 4.94. The van der Waals surface area contributed by atoms with Gasteiger partial charge in [-0.05, 0) is 19.9 Å². The molecule has 1 N–H and O–H groups in total. The molecule has 0 heterocycles. The van der Waals surface area contributed by atoms with Gasteiger partial charge in [0, 0.05) is 32.8 Å². The Labute approximate surface area is 105 Å². The van der Waals surface area contributed by atoms with Gasteiger partial charge in [0.05, 0.1) is 18.6 Å². The zero-order valence-corrected chi connectivity index (χ0v) is 11.1. The number of rotatable bonds is 7. The molecule has 0 aromatic heterocycles. The number of ether oxygens (including phenoxy) is 1. The first-order valence-electron chi connectivity index (χ1n) is 6.58. The van der Waals surface area contributed by atoms with Crippen LogP contribution in [-0.4, -0.2) is 51.3 Å². The van der Waals surface area contributed by atoms with E-state index in [0.29, 0.717) is 6.04 Å². The molecule has 4 heteroatoms. The van der Waals surface area contributed by atoms with E-state index < -0.39 is 0 Å². The van der Waals surface area contributed by atoms with Gasteiger partial charge in [0.15, 0.2) is 0 Å². The second kappa shape index (κ2) is 8.46. The van der Waals surface area contributed by atoms with Gasteiger partial charge in [0.1, 0.15) is 0 Å². The molecule has 17 heavy (non-hydrogen) atoms. The minimum absolute atomic E-state index is 0.216. The van der Waals surface area contributed by atoms with Crippen molar-refractivity contribution in [1.82, 2.24) is 10.2 Å². The summed E-state index contributed by atoms with van der Waals surface area (Å²) in [6, 6.07) is 2.84. The largest absolute Gasteiger partial charge is 0.383 e. The first kappa shape index (κ1) is 14.4. The Morgan fingerprint density at radius 3 is 2.82 bits per heavy atom. The summed E-state index contributed by atoms with van der Waals surface area (Å²) in [6.45, 7) is 3.71. The Balaban J connectivity index is 2.14. The Bertz CT molecular complexity index is 239. The van der Waals surface area contributed by atoms with Gasteiger partial charge in [-0.3, -0.25) is 0 Å². The monoisotopic (exact) mass is 239 g/mol. The zero-order chi connectivity index (χ0) is 12.5. The van der Waals surface area contributed by atoms with Crippen LogP contribution >= 0.6 is 0 Å². The van der Waals surface area contributed by atoms with E-state index in [0.717, 1.165) is 39.1 Å². The van der Waals surface area contributed by atoms with Crippen LogP contribution in [-0.2, 0) is 4.74 Å². The molecule has 0 aromatic carbocycles. The van der Waals surface area contributed by atoms with Crippen molar-refractivity contribution in [3.63, 3.8) is 0 Å². The van der Waals surface area contributed by atoms with Gasteiger partial charge >= 0.3 is 0 Å². The number of nitrogens with one attached hydrogen (secondary N) is 1. The fourth-order valence-corrected chi connectivity index (χ4v) is 2.33. The number of hydrogen-bond acceptors (Lipinski definition) is 4. The van der Waals surface area contributed by atoms with Crippen LogP contribution in [0.3, 0.4) is 0 Å². The van der Waals surface area contributed by atoms with E-state index in [1.165, 1.54) is 12.8 Å². The minimum atomic E-state index is 0.216. The number of likely N-dealkylation sites (N-methyl/N-ethyl adjacent to an activating group) is 1. The summed E-state index contributed by atoms with van der Waals surface area (Å²) >= 11 is 0. The van der Waals surface area contributed by atoms with E-state index in [4.69, 9.17) is 10.00 Å². The van der Waals surface area contributed by atoms with Gasteiger partial charge in [-0.2, -0.15) is 5.26 Å². The summed E-state index contributed by atoms with van der Waals surface area (Å²) in [6.07, 6.45) is 4.69. The molecule has 0 radical (unpaired) electrons. The molecule has 0 aliphatic heterocycles. The molecule has 1 aliphatic carbocycles. The molecule has 2 unspecified atom stereocenters. The van der Waals surface area contributed by atoms with Crippen molar-refractivity contribution >= 4 is 0 Å². The van der Waals surface area contributed by atoms with Crippen LogP contribution in [0.4, 0.5) is 0 Å². The summed E-state index contributed by atoms with van der Waals surface area (Å²) in [5.41, 5.74) is 0. The predicted molar refractivity (Wildman–Crippen MR) is 68.7 cm³/mol. The van der Waals surface area contributed by atoms with Crippen LogP contribution in [0.2, 0.25) is 0 Å². The molecule has 0 aromatic rings. The summed E-state index contributed by atoms with van der Waals surface area (Å²) < 4.78 is 5.04. The molecule has 0 saturated heterocycles.